The summed E-state index contributed by atoms with van der Waals surface area (Å²) in [5.41, 5.74) is 0.189. The minimum Gasteiger partial charge on any atom is -0.459 e. The van der Waals surface area contributed by atoms with E-state index in [0.29, 0.717) is 11.1 Å². The Bertz CT molecular complexity index is 1150. The predicted octanol–water partition coefficient (Wildman–Crippen LogP) is 2.00. The Balaban J connectivity index is 1.37. The molecule has 0 saturated carbocycles. The molecule has 1 fully saturated rings. The van der Waals surface area contributed by atoms with Gasteiger partial charge in [0, 0.05) is 18.2 Å². The lowest BCUT2D eigenvalue weighted by Gasteiger charge is -2.16. The van der Waals surface area contributed by atoms with Crippen molar-refractivity contribution in [2.24, 2.45) is 0 Å². The Kier molecular flexibility index (Phi) is 6.39. The molecule has 1 amide bonds. The first-order valence-corrected chi connectivity index (χ1v) is 10.0. The second-order valence-corrected chi connectivity index (χ2v) is 7.22. The normalized spacial score (nSPS) is 20.0. The number of benzene rings is 2. The van der Waals surface area contributed by atoms with Crippen molar-refractivity contribution >= 4 is 17.7 Å². The third-order valence-corrected chi connectivity index (χ3v) is 5.01. The van der Waals surface area contributed by atoms with E-state index in [9.17, 15) is 19.5 Å². The van der Waals surface area contributed by atoms with Crippen LogP contribution in [0.3, 0.4) is 0 Å². The van der Waals surface area contributed by atoms with E-state index in [-0.39, 0.29) is 24.8 Å². The van der Waals surface area contributed by atoms with Crippen molar-refractivity contribution < 1.29 is 24.2 Å². The lowest BCUT2D eigenvalue weighted by molar-refractivity contribution is -0.0531. The number of aliphatic hydroxyl groups excluding tert-OH is 1. The van der Waals surface area contributed by atoms with E-state index >= 15 is 0 Å². The van der Waals surface area contributed by atoms with Crippen LogP contribution < -0.4 is 11.0 Å². The van der Waals surface area contributed by atoms with Crippen LogP contribution in [-0.2, 0) is 9.47 Å². The van der Waals surface area contributed by atoms with Gasteiger partial charge in [-0.25, -0.2) is 9.59 Å². The first-order valence-electron chi connectivity index (χ1n) is 10.0. The molecule has 9 heteroatoms. The highest BCUT2D eigenvalue weighted by molar-refractivity contribution is 6.03. The van der Waals surface area contributed by atoms with Gasteiger partial charge >= 0.3 is 11.7 Å². The molecule has 164 valence electrons. The second-order valence-electron chi connectivity index (χ2n) is 7.22. The molecule has 0 radical (unpaired) electrons. The number of hydrogen-bond acceptors (Lipinski definition) is 7. The molecule has 4 rings (SSSR count). The van der Waals surface area contributed by atoms with Gasteiger partial charge in [-0.15, -0.1) is 0 Å². The maximum Gasteiger partial charge on any atom is 0.351 e. The Morgan fingerprint density at radius 2 is 1.72 bits per heavy atom. The number of hydrogen-bond donors (Lipinski definition) is 2. The van der Waals surface area contributed by atoms with E-state index < -0.39 is 30.1 Å². The van der Waals surface area contributed by atoms with Gasteiger partial charge in [0.15, 0.2) is 0 Å². The molecular formula is C23H21N3O6. The van der Waals surface area contributed by atoms with Crippen LogP contribution in [0.15, 0.2) is 77.7 Å². The van der Waals surface area contributed by atoms with Gasteiger partial charge < -0.3 is 19.9 Å². The fraction of sp³-hybridized carbons (Fsp3) is 0.217. The zero-order valence-electron chi connectivity index (χ0n) is 17.0. The SMILES string of the molecule is O=C(Nc1ccn([C@@H]2C[C@H](O)[C@H](COC(=O)c3ccccc3)O2)c(=O)n1)c1ccccc1. The number of anilines is 1. The number of nitrogens with zero attached hydrogens (tertiary/aromatic N) is 2. The fourth-order valence-corrected chi connectivity index (χ4v) is 3.33. The van der Waals surface area contributed by atoms with Crippen molar-refractivity contribution in [3.8, 4) is 0 Å². The molecule has 9 nitrogen and oxygen atoms in total. The molecule has 0 aliphatic carbocycles. The number of rotatable bonds is 6. The van der Waals surface area contributed by atoms with Gasteiger partial charge in [-0.05, 0) is 30.3 Å². The number of aromatic nitrogens is 2. The summed E-state index contributed by atoms with van der Waals surface area (Å²) in [7, 11) is 0. The minimum atomic E-state index is -0.923. The van der Waals surface area contributed by atoms with E-state index in [1.54, 1.807) is 60.7 Å². The van der Waals surface area contributed by atoms with E-state index in [0.717, 1.165) is 0 Å². The van der Waals surface area contributed by atoms with Crippen LogP contribution in [0.2, 0.25) is 0 Å². The average Bonchev–Trinajstić information content (AvgIpc) is 3.18. The van der Waals surface area contributed by atoms with Crippen LogP contribution in [0.5, 0.6) is 0 Å². The maximum atomic E-state index is 12.5. The predicted molar refractivity (Wildman–Crippen MR) is 114 cm³/mol. The van der Waals surface area contributed by atoms with Crippen LogP contribution >= 0.6 is 0 Å². The quantitative estimate of drug-likeness (QED) is 0.568. The van der Waals surface area contributed by atoms with Crippen LogP contribution in [0.1, 0.15) is 33.4 Å². The molecule has 1 saturated heterocycles. The summed E-state index contributed by atoms with van der Waals surface area (Å²) in [5.74, 6) is -0.808. The Labute approximate surface area is 183 Å². The first kappa shape index (κ1) is 21.4. The van der Waals surface area contributed by atoms with Gasteiger partial charge in [-0.1, -0.05) is 36.4 Å². The van der Waals surface area contributed by atoms with Gasteiger partial charge in [-0.2, -0.15) is 4.98 Å². The average molecular weight is 435 g/mol. The van der Waals surface area contributed by atoms with Gasteiger partial charge in [0.25, 0.3) is 5.91 Å². The van der Waals surface area contributed by atoms with Crippen molar-refractivity contribution in [3.05, 3.63) is 94.5 Å². The number of aliphatic hydroxyl groups is 1. The minimum absolute atomic E-state index is 0.104. The third kappa shape index (κ3) is 4.90. The first-order chi connectivity index (χ1) is 15.5. The Morgan fingerprint density at radius 3 is 2.38 bits per heavy atom. The van der Waals surface area contributed by atoms with Gasteiger partial charge in [-0.3, -0.25) is 9.36 Å². The van der Waals surface area contributed by atoms with E-state index in [2.05, 4.69) is 10.3 Å². The smallest absolute Gasteiger partial charge is 0.351 e. The lowest BCUT2D eigenvalue weighted by atomic mass is 10.2. The summed E-state index contributed by atoms with van der Waals surface area (Å²) < 4.78 is 12.2. The summed E-state index contributed by atoms with van der Waals surface area (Å²) in [6.45, 7) is -0.154. The van der Waals surface area contributed by atoms with Gasteiger partial charge in [0.05, 0.1) is 11.7 Å². The topological polar surface area (TPSA) is 120 Å². The monoisotopic (exact) mass is 435 g/mol. The summed E-state index contributed by atoms with van der Waals surface area (Å²) in [6, 6.07) is 18.5. The summed E-state index contributed by atoms with van der Waals surface area (Å²) in [4.78, 5) is 40.6. The lowest BCUT2D eigenvalue weighted by Crippen LogP contribution is -2.29. The molecule has 3 atom stereocenters. The van der Waals surface area contributed by atoms with E-state index in [4.69, 9.17) is 9.47 Å². The number of nitrogens with one attached hydrogen (secondary N) is 1. The summed E-state index contributed by atoms with van der Waals surface area (Å²) >= 11 is 0. The molecule has 1 aromatic heterocycles. The molecule has 2 N–H and O–H groups in total. The van der Waals surface area contributed by atoms with Crippen molar-refractivity contribution in [1.82, 2.24) is 9.55 Å². The largest absolute Gasteiger partial charge is 0.459 e. The Hall–Kier alpha value is -3.82. The highest BCUT2D eigenvalue weighted by atomic mass is 16.6. The zero-order chi connectivity index (χ0) is 22.5. The molecule has 0 spiro atoms. The van der Waals surface area contributed by atoms with E-state index in [1.165, 1.54) is 16.8 Å². The van der Waals surface area contributed by atoms with Crippen LogP contribution in [-0.4, -0.2) is 45.3 Å². The molecule has 2 aromatic carbocycles. The fourth-order valence-electron chi connectivity index (χ4n) is 3.33. The molecule has 32 heavy (non-hydrogen) atoms. The molecular weight excluding hydrogens is 414 g/mol. The molecule has 1 aliphatic heterocycles. The molecule has 1 aliphatic rings. The van der Waals surface area contributed by atoms with Gasteiger partial charge in [0.1, 0.15) is 24.8 Å². The zero-order valence-corrected chi connectivity index (χ0v) is 17.0. The number of amides is 1. The van der Waals surface area contributed by atoms with Crippen LogP contribution in [0.4, 0.5) is 5.82 Å². The standard InChI is InChI=1S/C23H21N3O6/c27-17-13-20(32-18(17)14-31-22(29)16-9-5-2-6-10-16)26-12-11-19(25-23(26)30)24-21(28)15-7-3-1-4-8-15/h1-12,17-18,20,27H,13-14H2,(H,24,25,28,30)/t17-,18-,20-/m0/s1. The number of ether oxygens (including phenoxy) is 2. The molecule has 2 heterocycles. The van der Waals surface area contributed by atoms with E-state index in [1.807, 2.05) is 0 Å². The van der Waals surface area contributed by atoms with Crippen molar-refractivity contribution in [2.45, 2.75) is 24.9 Å². The second kappa shape index (κ2) is 9.54. The highest BCUT2D eigenvalue weighted by Gasteiger charge is 2.36. The van der Waals surface area contributed by atoms with Crippen molar-refractivity contribution in [1.29, 1.82) is 0 Å². The maximum absolute atomic E-state index is 12.5. The summed E-state index contributed by atoms with van der Waals surface area (Å²) in [6.07, 6.45) is -0.912. The highest BCUT2D eigenvalue weighted by Crippen LogP contribution is 2.28. The number of carbonyl (C=O) groups excluding carboxylic acids is 2. The van der Waals surface area contributed by atoms with Crippen LogP contribution in [0.25, 0.3) is 0 Å². The molecule has 0 bridgehead atoms. The number of esters is 1. The third-order valence-electron chi connectivity index (χ3n) is 5.01. The van der Waals surface area contributed by atoms with Crippen molar-refractivity contribution in [2.75, 3.05) is 11.9 Å². The van der Waals surface area contributed by atoms with Crippen molar-refractivity contribution in [3.63, 3.8) is 0 Å². The molecule has 0 unspecified atom stereocenters. The Morgan fingerprint density at radius 1 is 1.06 bits per heavy atom. The number of carbonyl (C=O) groups is 2. The summed E-state index contributed by atoms with van der Waals surface area (Å²) in [5, 5.41) is 12.9. The van der Waals surface area contributed by atoms with Gasteiger partial charge in [0.2, 0.25) is 0 Å². The molecule has 3 aromatic rings. The van der Waals surface area contributed by atoms with Crippen LogP contribution in [0, 0.1) is 0 Å².